The molecule has 0 aliphatic carbocycles. The maximum absolute atomic E-state index is 5.93. The van der Waals surface area contributed by atoms with Crippen LogP contribution in [0, 0.1) is 0 Å². The van der Waals surface area contributed by atoms with Gasteiger partial charge in [0.15, 0.2) is 5.11 Å². The fraction of sp³-hybridized carbons (Fsp3) is 0.526. The van der Waals surface area contributed by atoms with Crippen molar-refractivity contribution in [1.29, 1.82) is 0 Å². The number of hydrogen-bond donors (Lipinski definition) is 1. The lowest BCUT2D eigenvalue weighted by atomic mass is 10.2. The van der Waals surface area contributed by atoms with Crippen LogP contribution in [0.25, 0.3) is 11.5 Å². The molecule has 1 fully saturated rings. The maximum Gasteiger partial charge on any atom is 0.247 e. The highest BCUT2D eigenvalue weighted by Crippen LogP contribution is 2.21. The van der Waals surface area contributed by atoms with Crippen LogP contribution in [-0.2, 0) is 11.3 Å². The highest BCUT2D eigenvalue weighted by molar-refractivity contribution is 7.80. The van der Waals surface area contributed by atoms with Gasteiger partial charge in [0, 0.05) is 42.8 Å². The molecule has 1 N–H and O–H groups in total. The van der Waals surface area contributed by atoms with E-state index in [0.717, 1.165) is 45.0 Å². The third-order valence-corrected chi connectivity index (χ3v) is 5.19. The van der Waals surface area contributed by atoms with Gasteiger partial charge in [-0.25, -0.2) is 0 Å². The number of halogens is 1. The van der Waals surface area contributed by atoms with Gasteiger partial charge in [-0.2, -0.15) is 0 Å². The second-order valence-corrected chi connectivity index (χ2v) is 7.74. The van der Waals surface area contributed by atoms with E-state index in [-0.39, 0.29) is 6.04 Å². The molecule has 0 unspecified atom stereocenters. The quantitative estimate of drug-likeness (QED) is 0.682. The van der Waals surface area contributed by atoms with Crippen LogP contribution in [0.15, 0.2) is 28.7 Å². The van der Waals surface area contributed by atoms with E-state index in [1.54, 1.807) is 12.1 Å². The molecule has 1 aromatic heterocycles. The molecule has 152 valence electrons. The molecule has 3 rings (SSSR count). The van der Waals surface area contributed by atoms with Crippen molar-refractivity contribution < 1.29 is 9.15 Å². The summed E-state index contributed by atoms with van der Waals surface area (Å²) in [7, 11) is 0. The summed E-state index contributed by atoms with van der Waals surface area (Å²) < 4.78 is 11.2. The van der Waals surface area contributed by atoms with Gasteiger partial charge in [0.2, 0.25) is 11.8 Å². The first-order valence-electron chi connectivity index (χ1n) is 9.46. The largest absolute Gasteiger partial charge is 0.419 e. The van der Waals surface area contributed by atoms with Gasteiger partial charge in [-0.05, 0) is 50.3 Å². The summed E-state index contributed by atoms with van der Waals surface area (Å²) in [6.07, 6.45) is 0. The number of thiocarbonyl (C=S) groups is 1. The van der Waals surface area contributed by atoms with Crippen molar-refractivity contribution >= 4 is 28.9 Å². The highest BCUT2D eigenvalue weighted by Gasteiger charge is 2.18. The van der Waals surface area contributed by atoms with Gasteiger partial charge in [0.05, 0.1) is 19.8 Å². The molecule has 7 nitrogen and oxygen atoms in total. The minimum atomic E-state index is 0.203. The van der Waals surface area contributed by atoms with E-state index in [1.807, 2.05) is 17.0 Å². The lowest BCUT2D eigenvalue weighted by molar-refractivity contribution is 0.0388. The zero-order chi connectivity index (χ0) is 19.9. The number of rotatable bonds is 7. The van der Waals surface area contributed by atoms with Crippen LogP contribution >= 0.6 is 23.8 Å². The number of ether oxygens (including phenoxy) is 1. The van der Waals surface area contributed by atoms with Crippen LogP contribution in [-0.4, -0.2) is 70.5 Å². The van der Waals surface area contributed by atoms with Crippen LogP contribution in [0.1, 0.15) is 19.7 Å². The highest BCUT2D eigenvalue weighted by atomic mass is 35.5. The number of aromatic nitrogens is 2. The third-order valence-electron chi connectivity index (χ3n) is 4.56. The summed E-state index contributed by atoms with van der Waals surface area (Å²) in [5.74, 6) is 0.998. The second kappa shape index (κ2) is 10.2. The lowest BCUT2D eigenvalue weighted by Gasteiger charge is -2.30. The van der Waals surface area contributed by atoms with Gasteiger partial charge in [-0.1, -0.05) is 11.6 Å². The van der Waals surface area contributed by atoms with E-state index >= 15 is 0 Å². The topological polar surface area (TPSA) is 66.7 Å². The van der Waals surface area contributed by atoms with Crippen LogP contribution in [0.5, 0.6) is 0 Å². The van der Waals surface area contributed by atoms with Gasteiger partial charge in [0.25, 0.3) is 0 Å². The molecule has 1 aromatic carbocycles. The predicted octanol–water partition coefficient (Wildman–Crippen LogP) is 2.81. The molecule has 0 radical (unpaired) electrons. The smallest absolute Gasteiger partial charge is 0.247 e. The fourth-order valence-corrected chi connectivity index (χ4v) is 3.41. The summed E-state index contributed by atoms with van der Waals surface area (Å²) in [5, 5.41) is 13.0. The van der Waals surface area contributed by atoms with Gasteiger partial charge < -0.3 is 19.4 Å². The van der Waals surface area contributed by atoms with Crippen molar-refractivity contribution in [2.75, 3.05) is 39.4 Å². The van der Waals surface area contributed by atoms with Crippen molar-refractivity contribution in [2.24, 2.45) is 0 Å². The predicted molar refractivity (Wildman–Crippen MR) is 113 cm³/mol. The summed E-state index contributed by atoms with van der Waals surface area (Å²) >= 11 is 11.5. The number of benzene rings is 1. The summed E-state index contributed by atoms with van der Waals surface area (Å²) in [6.45, 7) is 9.92. The zero-order valence-corrected chi connectivity index (χ0v) is 17.8. The van der Waals surface area contributed by atoms with Crippen LogP contribution in [0.4, 0.5) is 0 Å². The molecule has 9 heteroatoms. The van der Waals surface area contributed by atoms with Crippen LogP contribution in [0.3, 0.4) is 0 Å². The minimum Gasteiger partial charge on any atom is -0.419 e. The lowest BCUT2D eigenvalue weighted by Crippen LogP contribution is -2.46. The number of nitrogens with one attached hydrogen (secondary N) is 1. The Morgan fingerprint density at radius 1 is 1.25 bits per heavy atom. The average Bonchev–Trinajstić information content (AvgIpc) is 3.16. The number of morpholine rings is 1. The Balaban J connectivity index is 1.55. The first-order chi connectivity index (χ1) is 13.5. The molecule has 2 aromatic rings. The molecular formula is C19H26ClN5O2S. The molecule has 0 bridgehead atoms. The van der Waals surface area contributed by atoms with E-state index in [0.29, 0.717) is 28.5 Å². The molecule has 1 aliphatic heterocycles. The summed E-state index contributed by atoms with van der Waals surface area (Å²) in [4.78, 5) is 4.42. The molecule has 1 aliphatic rings. The third kappa shape index (κ3) is 5.88. The van der Waals surface area contributed by atoms with Crippen molar-refractivity contribution in [1.82, 2.24) is 25.3 Å². The minimum absolute atomic E-state index is 0.203. The standard InChI is InChI=1S/C19H26ClN5O2S/c1-14(2)25(19(28)21-7-8-24-9-11-26-12-10-24)13-17-22-23-18(27-17)15-3-5-16(20)6-4-15/h3-6,14H,7-13H2,1-2H3,(H,21,28). The first kappa shape index (κ1) is 21.0. The fourth-order valence-electron chi connectivity index (χ4n) is 2.91. The van der Waals surface area contributed by atoms with Crippen molar-refractivity contribution in [3.05, 3.63) is 35.2 Å². The molecule has 0 amide bonds. The van der Waals surface area contributed by atoms with Gasteiger partial charge in [0.1, 0.15) is 0 Å². The van der Waals surface area contributed by atoms with Crippen molar-refractivity contribution in [3.8, 4) is 11.5 Å². The van der Waals surface area contributed by atoms with Gasteiger partial charge in [-0.3, -0.25) is 4.90 Å². The Kier molecular flexibility index (Phi) is 7.61. The SMILES string of the molecule is CC(C)N(Cc1nnc(-c2ccc(Cl)cc2)o1)C(=S)NCCN1CCOCC1. The molecule has 0 spiro atoms. The molecule has 0 atom stereocenters. The average molecular weight is 424 g/mol. The first-order valence-corrected chi connectivity index (χ1v) is 10.2. The number of hydrogen-bond acceptors (Lipinski definition) is 6. The Bertz CT molecular complexity index is 762. The second-order valence-electron chi connectivity index (χ2n) is 6.92. The Hall–Kier alpha value is -1.74. The van der Waals surface area contributed by atoms with E-state index in [4.69, 9.17) is 33.0 Å². The normalized spacial score (nSPS) is 15.0. The molecule has 0 saturated carbocycles. The monoisotopic (exact) mass is 423 g/mol. The Morgan fingerprint density at radius 2 is 1.96 bits per heavy atom. The van der Waals surface area contributed by atoms with Gasteiger partial charge in [-0.15, -0.1) is 10.2 Å². The Morgan fingerprint density at radius 3 is 2.64 bits per heavy atom. The van der Waals surface area contributed by atoms with E-state index in [9.17, 15) is 0 Å². The molecule has 28 heavy (non-hydrogen) atoms. The molecule has 1 saturated heterocycles. The summed E-state index contributed by atoms with van der Waals surface area (Å²) in [6, 6.07) is 7.52. The van der Waals surface area contributed by atoms with Crippen molar-refractivity contribution in [3.63, 3.8) is 0 Å². The summed E-state index contributed by atoms with van der Waals surface area (Å²) in [5.41, 5.74) is 0.838. The molecule has 2 heterocycles. The number of nitrogens with zero attached hydrogens (tertiary/aromatic N) is 4. The van der Waals surface area contributed by atoms with E-state index in [1.165, 1.54) is 0 Å². The van der Waals surface area contributed by atoms with Crippen molar-refractivity contribution in [2.45, 2.75) is 26.4 Å². The van der Waals surface area contributed by atoms with Crippen LogP contribution in [0.2, 0.25) is 5.02 Å². The Labute approximate surface area is 176 Å². The van der Waals surface area contributed by atoms with E-state index in [2.05, 4.69) is 34.3 Å². The van der Waals surface area contributed by atoms with Crippen LogP contribution < -0.4 is 5.32 Å². The van der Waals surface area contributed by atoms with E-state index < -0.39 is 0 Å². The maximum atomic E-state index is 5.93. The van der Waals surface area contributed by atoms with Gasteiger partial charge >= 0.3 is 0 Å². The molecular weight excluding hydrogens is 398 g/mol. The zero-order valence-electron chi connectivity index (χ0n) is 16.2.